The fraction of sp³-hybridized carbons (Fsp3) is 0.571. The van der Waals surface area contributed by atoms with Crippen LogP contribution in [0.5, 0.6) is 0 Å². The fourth-order valence-electron chi connectivity index (χ4n) is 2.52. The molecule has 2 atom stereocenters. The molecular formula is C14H19NO4S. The Hall–Kier alpha value is -1.43. The van der Waals surface area contributed by atoms with E-state index in [1.165, 1.54) is 0 Å². The summed E-state index contributed by atoms with van der Waals surface area (Å²) in [5, 5.41) is 11.9. The van der Waals surface area contributed by atoms with Crippen LogP contribution in [0.4, 0.5) is 0 Å². The van der Waals surface area contributed by atoms with E-state index < -0.39 is 5.97 Å². The van der Waals surface area contributed by atoms with E-state index >= 15 is 0 Å². The summed E-state index contributed by atoms with van der Waals surface area (Å²) in [6.45, 7) is 0. The lowest BCUT2D eigenvalue weighted by molar-refractivity contribution is -0.143. The third kappa shape index (κ3) is 3.79. The molecule has 2 unspecified atom stereocenters. The van der Waals surface area contributed by atoms with Gasteiger partial charge in [0.15, 0.2) is 5.76 Å². The first-order chi connectivity index (χ1) is 9.60. The molecule has 2 rings (SSSR count). The SMILES string of the molecule is CSCc1ccc(C(=O)NC2CCCC(C(=O)O)C2)o1. The minimum absolute atomic E-state index is 0.0774. The van der Waals surface area contributed by atoms with E-state index in [4.69, 9.17) is 9.52 Å². The van der Waals surface area contributed by atoms with Crippen LogP contribution in [0.3, 0.4) is 0 Å². The summed E-state index contributed by atoms with van der Waals surface area (Å²) in [7, 11) is 0. The highest BCUT2D eigenvalue weighted by Crippen LogP contribution is 2.25. The van der Waals surface area contributed by atoms with Crippen molar-refractivity contribution in [2.24, 2.45) is 5.92 Å². The summed E-state index contributed by atoms with van der Waals surface area (Å²) < 4.78 is 5.45. The van der Waals surface area contributed by atoms with Crippen LogP contribution in [-0.2, 0) is 10.5 Å². The van der Waals surface area contributed by atoms with Crippen molar-refractivity contribution < 1.29 is 19.1 Å². The van der Waals surface area contributed by atoms with Crippen molar-refractivity contribution >= 4 is 23.6 Å². The Morgan fingerprint density at radius 2 is 2.25 bits per heavy atom. The molecule has 1 saturated carbocycles. The summed E-state index contributed by atoms with van der Waals surface area (Å²) in [5.41, 5.74) is 0. The van der Waals surface area contributed by atoms with Gasteiger partial charge in [0.1, 0.15) is 5.76 Å². The van der Waals surface area contributed by atoms with Gasteiger partial charge in [-0.05, 0) is 37.7 Å². The third-order valence-electron chi connectivity index (χ3n) is 3.53. The molecule has 0 radical (unpaired) electrons. The van der Waals surface area contributed by atoms with Gasteiger partial charge >= 0.3 is 5.97 Å². The number of furan rings is 1. The smallest absolute Gasteiger partial charge is 0.306 e. The second kappa shape index (κ2) is 6.83. The lowest BCUT2D eigenvalue weighted by Crippen LogP contribution is -2.39. The zero-order chi connectivity index (χ0) is 14.5. The van der Waals surface area contributed by atoms with Crippen molar-refractivity contribution in [3.8, 4) is 0 Å². The summed E-state index contributed by atoms with van der Waals surface area (Å²) >= 11 is 1.63. The molecule has 110 valence electrons. The molecule has 1 aliphatic carbocycles. The van der Waals surface area contributed by atoms with Crippen LogP contribution in [-0.4, -0.2) is 29.3 Å². The number of carbonyl (C=O) groups excluding carboxylic acids is 1. The Balaban J connectivity index is 1.91. The molecule has 0 spiro atoms. The van der Waals surface area contributed by atoms with Gasteiger partial charge < -0.3 is 14.8 Å². The van der Waals surface area contributed by atoms with Gasteiger partial charge in [0.25, 0.3) is 5.91 Å². The van der Waals surface area contributed by atoms with Crippen LogP contribution >= 0.6 is 11.8 Å². The number of aliphatic carboxylic acids is 1. The van der Waals surface area contributed by atoms with Gasteiger partial charge in [-0.1, -0.05) is 6.42 Å². The molecular weight excluding hydrogens is 278 g/mol. The minimum atomic E-state index is -0.774. The van der Waals surface area contributed by atoms with E-state index in [-0.39, 0.29) is 17.9 Å². The minimum Gasteiger partial charge on any atom is -0.481 e. The quantitative estimate of drug-likeness (QED) is 0.873. The Kier molecular flexibility index (Phi) is 5.11. The van der Waals surface area contributed by atoms with Crippen molar-refractivity contribution in [2.75, 3.05) is 6.26 Å². The largest absolute Gasteiger partial charge is 0.481 e. The lowest BCUT2D eigenvalue weighted by Gasteiger charge is -2.26. The molecule has 1 heterocycles. The zero-order valence-corrected chi connectivity index (χ0v) is 12.2. The van der Waals surface area contributed by atoms with Crippen LogP contribution < -0.4 is 5.32 Å². The highest BCUT2D eigenvalue weighted by Gasteiger charge is 2.28. The number of hydrogen-bond acceptors (Lipinski definition) is 4. The van der Waals surface area contributed by atoms with Crippen molar-refractivity contribution in [3.05, 3.63) is 23.7 Å². The van der Waals surface area contributed by atoms with E-state index in [0.717, 1.165) is 24.4 Å². The average Bonchev–Trinajstić information content (AvgIpc) is 2.88. The van der Waals surface area contributed by atoms with E-state index in [2.05, 4.69) is 5.32 Å². The molecule has 20 heavy (non-hydrogen) atoms. The second-order valence-electron chi connectivity index (χ2n) is 5.07. The van der Waals surface area contributed by atoms with E-state index in [1.807, 2.05) is 6.26 Å². The number of carbonyl (C=O) groups is 2. The monoisotopic (exact) mass is 297 g/mol. The standard InChI is InChI=1S/C14H19NO4S/c1-20-8-11-5-6-12(19-11)13(16)15-10-4-2-3-9(7-10)14(17)18/h5-6,9-10H,2-4,7-8H2,1H3,(H,15,16)(H,17,18). The Bertz CT molecular complexity index is 485. The molecule has 2 N–H and O–H groups in total. The second-order valence-corrected chi connectivity index (χ2v) is 5.94. The molecule has 1 amide bonds. The highest BCUT2D eigenvalue weighted by molar-refractivity contribution is 7.97. The number of rotatable bonds is 5. The molecule has 5 nitrogen and oxygen atoms in total. The summed E-state index contributed by atoms with van der Waals surface area (Å²) in [6, 6.07) is 3.39. The van der Waals surface area contributed by atoms with Gasteiger partial charge in [-0.25, -0.2) is 0 Å². The predicted octanol–water partition coefficient (Wildman–Crippen LogP) is 2.52. The Labute approximate surface area is 122 Å². The van der Waals surface area contributed by atoms with Gasteiger partial charge in [-0.3, -0.25) is 9.59 Å². The van der Waals surface area contributed by atoms with E-state index in [1.54, 1.807) is 23.9 Å². The topological polar surface area (TPSA) is 79.5 Å². The van der Waals surface area contributed by atoms with Crippen molar-refractivity contribution in [3.63, 3.8) is 0 Å². The number of hydrogen-bond donors (Lipinski definition) is 2. The Morgan fingerprint density at radius 3 is 2.95 bits per heavy atom. The third-order valence-corrected chi connectivity index (χ3v) is 4.10. The molecule has 0 bridgehead atoms. The van der Waals surface area contributed by atoms with Crippen molar-refractivity contribution in [1.29, 1.82) is 0 Å². The van der Waals surface area contributed by atoms with E-state index in [0.29, 0.717) is 18.6 Å². The van der Waals surface area contributed by atoms with Crippen LogP contribution in [0, 0.1) is 5.92 Å². The molecule has 1 fully saturated rings. The van der Waals surface area contributed by atoms with Gasteiger partial charge in [-0.15, -0.1) is 0 Å². The first-order valence-corrected chi connectivity index (χ1v) is 8.11. The molecule has 1 aliphatic rings. The van der Waals surface area contributed by atoms with Crippen LogP contribution in [0.1, 0.15) is 42.0 Å². The van der Waals surface area contributed by atoms with Gasteiger partial charge in [-0.2, -0.15) is 11.8 Å². The first kappa shape index (κ1) is 15.0. The maximum atomic E-state index is 12.0. The van der Waals surface area contributed by atoms with Crippen LogP contribution in [0.2, 0.25) is 0 Å². The lowest BCUT2D eigenvalue weighted by atomic mass is 9.86. The van der Waals surface area contributed by atoms with Crippen molar-refractivity contribution in [2.45, 2.75) is 37.5 Å². The normalized spacial score (nSPS) is 22.4. The summed E-state index contributed by atoms with van der Waals surface area (Å²) in [5.74, 6) is 0.425. The molecule has 0 aromatic carbocycles. The predicted molar refractivity (Wildman–Crippen MR) is 76.8 cm³/mol. The Morgan fingerprint density at radius 1 is 1.45 bits per heavy atom. The average molecular weight is 297 g/mol. The molecule has 0 saturated heterocycles. The molecule has 0 aliphatic heterocycles. The van der Waals surface area contributed by atoms with Gasteiger partial charge in [0.2, 0.25) is 0 Å². The number of carboxylic acids is 1. The molecule has 1 aromatic heterocycles. The number of amides is 1. The van der Waals surface area contributed by atoms with E-state index in [9.17, 15) is 9.59 Å². The van der Waals surface area contributed by atoms with Crippen molar-refractivity contribution in [1.82, 2.24) is 5.32 Å². The summed E-state index contributed by atoms with van der Waals surface area (Å²) in [4.78, 5) is 23.0. The molecule has 1 aromatic rings. The first-order valence-electron chi connectivity index (χ1n) is 6.71. The fourth-order valence-corrected chi connectivity index (χ4v) is 2.96. The van der Waals surface area contributed by atoms with Crippen LogP contribution in [0.25, 0.3) is 0 Å². The summed E-state index contributed by atoms with van der Waals surface area (Å²) in [6.07, 6.45) is 4.82. The maximum Gasteiger partial charge on any atom is 0.306 e. The van der Waals surface area contributed by atoms with Gasteiger partial charge in [0.05, 0.1) is 11.7 Å². The number of nitrogens with one attached hydrogen (secondary N) is 1. The number of thioether (sulfide) groups is 1. The highest BCUT2D eigenvalue weighted by atomic mass is 32.2. The zero-order valence-electron chi connectivity index (χ0n) is 11.4. The maximum absolute atomic E-state index is 12.0. The number of carboxylic acid groups (broad SMARTS) is 1. The van der Waals surface area contributed by atoms with Gasteiger partial charge in [0, 0.05) is 6.04 Å². The molecule has 6 heteroatoms. The van der Waals surface area contributed by atoms with Crippen LogP contribution in [0.15, 0.2) is 16.5 Å².